The van der Waals surface area contributed by atoms with Crippen molar-refractivity contribution in [1.29, 1.82) is 0 Å². The van der Waals surface area contributed by atoms with Crippen molar-refractivity contribution in [2.75, 3.05) is 0 Å². The Hall–Kier alpha value is -7.59. The van der Waals surface area contributed by atoms with Crippen LogP contribution in [0.1, 0.15) is 25.0 Å². The van der Waals surface area contributed by atoms with E-state index in [0.717, 1.165) is 49.3 Å². The molecule has 11 rings (SSSR count). The van der Waals surface area contributed by atoms with Crippen LogP contribution < -0.4 is 5.46 Å². The van der Waals surface area contributed by atoms with Crippen molar-refractivity contribution in [2.24, 2.45) is 0 Å². The van der Waals surface area contributed by atoms with E-state index in [1.54, 1.807) is 4.57 Å². The van der Waals surface area contributed by atoms with Gasteiger partial charge in [-0.3, -0.25) is 4.57 Å². The Morgan fingerprint density at radius 2 is 1.05 bits per heavy atom. The lowest BCUT2D eigenvalue weighted by Crippen LogP contribution is -2.14. The molecule has 10 aromatic rings. The van der Waals surface area contributed by atoms with Crippen molar-refractivity contribution < 1.29 is 20.4 Å². The Balaban J connectivity index is 1.22. The molecule has 9 nitrogen and oxygen atoms in total. The fourth-order valence-electron chi connectivity index (χ4n) is 8.97. The number of para-hydroxylation sites is 2. The standard InChI is InChI=1S/C48H32BN5O4/c1-48(2)33-17-9-6-14-27(33)30-22-26(20-21-34(30)48)46-50-45(25-12-4-3-5-13-25)51-47(52-46)54-36-19-11-8-16-29(36)32-23-31-28-15-7-10-18-35(28)53(37(31)24-38(32)54)40-41(55)39(49)42(56)44(58)43(40)57/h3-24,55-58H,1-2H3. The SMILES string of the molecule is [B]c1c(O)c(O)c(O)c(-n2c3ccccc3c3cc4c5ccccc5n(-c5nc(-c6ccccc6)nc(-c6ccc7c(c6)-c6ccccc6C7(C)C)n5)c4cc32)c1O. The monoisotopic (exact) mass is 753 g/mol. The first-order valence-corrected chi connectivity index (χ1v) is 18.9. The number of hydrogen-bond acceptors (Lipinski definition) is 7. The summed E-state index contributed by atoms with van der Waals surface area (Å²) in [6, 6.07) is 44.5. The van der Waals surface area contributed by atoms with Crippen LogP contribution in [0, 0.1) is 0 Å². The maximum atomic E-state index is 11.3. The molecular weight excluding hydrogens is 721 g/mol. The average Bonchev–Trinajstić information content (AvgIpc) is 3.84. The quantitative estimate of drug-likeness (QED) is 0.0801. The second-order valence-electron chi connectivity index (χ2n) is 15.3. The molecule has 0 amide bonds. The first kappa shape index (κ1) is 33.7. The van der Waals surface area contributed by atoms with Crippen LogP contribution >= 0.6 is 0 Å². The lowest BCUT2D eigenvalue weighted by molar-refractivity contribution is 0.363. The molecular formula is C48H32BN5O4. The summed E-state index contributed by atoms with van der Waals surface area (Å²) in [6.07, 6.45) is 0. The molecule has 0 bridgehead atoms. The minimum atomic E-state index is -0.837. The average molecular weight is 754 g/mol. The van der Waals surface area contributed by atoms with Gasteiger partial charge in [-0.15, -0.1) is 0 Å². The van der Waals surface area contributed by atoms with E-state index in [1.807, 2.05) is 83.4 Å². The molecule has 58 heavy (non-hydrogen) atoms. The van der Waals surface area contributed by atoms with Crippen molar-refractivity contribution in [1.82, 2.24) is 24.1 Å². The molecule has 7 aromatic carbocycles. The van der Waals surface area contributed by atoms with Crippen molar-refractivity contribution in [3.8, 4) is 68.5 Å². The van der Waals surface area contributed by atoms with Gasteiger partial charge in [0.2, 0.25) is 11.7 Å². The van der Waals surface area contributed by atoms with Crippen LogP contribution in [0.4, 0.5) is 0 Å². The summed E-state index contributed by atoms with van der Waals surface area (Å²) < 4.78 is 3.66. The number of aromatic hydroxyl groups is 4. The van der Waals surface area contributed by atoms with Crippen LogP contribution in [0.25, 0.3) is 89.2 Å². The minimum Gasteiger partial charge on any atom is -0.506 e. The minimum absolute atomic E-state index is 0.154. The van der Waals surface area contributed by atoms with Gasteiger partial charge in [-0.2, -0.15) is 9.97 Å². The summed E-state index contributed by atoms with van der Waals surface area (Å²) in [7, 11) is 6.07. The Morgan fingerprint density at radius 3 is 1.78 bits per heavy atom. The molecule has 1 aliphatic carbocycles. The topological polar surface area (TPSA) is 129 Å². The van der Waals surface area contributed by atoms with Crippen LogP contribution in [-0.2, 0) is 5.41 Å². The highest BCUT2D eigenvalue weighted by Gasteiger charge is 2.35. The van der Waals surface area contributed by atoms with Crippen LogP contribution in [0.2, 0.25) is 0 Å². The number of nitrogens with zero attached hydrogens (tertiary/aromatic N) is 5. The zero-order valence-corrected chi connectivity index (χ0v) is 31.3. The van der Waals surface area contributed by atoms with Gasteiger partial charge in [0.15, 0.2) is 23.1 Å². The number of phenols is 4. The fraction of sp³-hybridized carbons (Fsp3) is 0.0625. The van der Waals surface area contributed by atoms with Crippen LogP contribution in [0.15, 0.2) is 133 Å². The molecule has 3 aromatic heterocycles. The molecule has 0 saturated heterocycles. The van der Waals surface area contributed by atoms with Crippen molar-refractivity contribution >= 4 is 56.9 Å². The molecule has 276 valence electrons. The van der Waals surface area contributed by atoms with E-state index in [0.29, 0.717) is 28.6 Å². The van der Waals surface area contributed by atoms with Crippen LogP contribution in [0.5, 0.6) is 23.0 Å². The van der Waals surface area contributed by atoms with Gasteiger partial charge in [-0.05, 0) is 58.0 Å². The van der Waals surface area contributed by atoms with Gasteiger partial charge in [0, 0.05) is 38.1 Å². The number of rotatable bonds is 4. The van der Waals surface area contributed by atoms with Gasteiger partial charge in [0.05, 0.1) is 22.1 Å². The van der Waals surface area contributed by atoms with E-state index in [9.17, 15) is 20.4 Å². The third-order valence-electron chi connectivity index (χ3n) is 11.8. The lowest BCUT2D eigenvalue weighted by Gasteiger charge is -2.21. The molecule has 1 aliphatic rings. The Morgan fingerprint density at radius 1 is 0.466 bits per heavy atom. The van der Waals surface area contributed by atoms with Crippen LogP contribution in [-0.4, -0.2) is 52.4 Å². The molecule has 0 atom stereocenters. The molecule has 0 saturated carbocycles. The van der Waals surface area contributed by atoms with Gasteiger partial charge in [0.25, 0.3) is 0 Å². The predicted octanol–water partition coefficient (Wildman–Crippen LogP) is 9.32. The van der Waals surface area contributed by atoms with Crippen molar-refractivity contribution in [3.05, 3.63) is 145 Å². The maximum Gasteiger partial charge on any atom is 0.238 e. The highest BCUT2D eigenvalue weighted by atomic mass is 16.3. The molecule has 3 heterocycles. The normalized spacial score (nSPS) is 13.1. The van der Waals surface area contributed by atoms with E-state index >= 15 is 0 Å². The number of aromatic nitrogens is 5. The number of phenolic OH excluding ortho intramolecular Hbond substituents is 4. The summed E-state index contributed by atoms with van der Waals surface area (Å²) in [6.45, 7) is 4.51. The first-order chi connectivity index (χ1) is 28.1. The largest absolute Gasteiger partial charge is 0.506 e. The van der Waals surface area contributed by atoms with E-state index in [2.05, 4.69) is 68.4 Å². The molecule has 0 fully saturated rings. The summed E-state index contributed by atoms with van der Waals surface area (Å²) in [5.41, 5.74) is 8.60. The van der Waals surface area contributed by atoms with Gasteiger partial charge in [-0.1, -0.05) is 117 Å². The van der Waals surface area contributed by atoms with E-state index in [1.165, 1.54) is 16.7 Å². The predicted molar refractivity (Wildman–Crippen MR) is 229 cm³/mol. The number of hydrogen-bond donors (Lipinski definition) is 4. The van der Waals surface area contributed by atoms with E-state index in [4.69, 9.17) is 22.8 Å². The van der Waals surface area contributed by atoms with Gasteiger partial charge in [-0.25, -0.2) is 4.98 Å². The third kappa shape index (κ3) is 4.56. The summed E-state index contributed by atoms with van der Waals surface area (Å²) in [4.78, 5) is 15.5. The summed E-state index contributed by atoms with van der Waals surface area (Å²) in [5, 5.41) is 47.3. The Labute approximate surface area is 332 Å². The first-order valence-electron chi connectivity index (χ1n) is 18.9. The lowest BCUT2D eigenvalue weighted by atomic mass is 9.82. The summed E-state index contributed by atoms with van der Waals surface area (Å²) in [5.74, 6) is -1.52. The molecule has 4 N–H and O–H groups in total. The number of fused-ring (bicyclic) bond motifs is 9. The molecule has 10 heteroatoms. The highest BCUT2D eigenvalue weighted by molar-refractivity contribution is 6.37. The zero-order valence-electron chi connectivity index (χ0n) is 31.3. The second kappa shape index (κ2) is 12.0. The second-order valence-corrected chi connectivity index (χ2v) is 15.3. The Kier molecular flexibility index (Phi) is 6.95. The van der Waals surface area contributed by atoms with Crippen molar-refractivity contribution in [3.63, 3.8) is 0 Å². The van der Waals surface area contributed by atoms with Crippen LogP contribution in [0.3, 0.4) is 0 Å². The molecule has 0 unspecified atom stereocenters. The van der Waals surface area contributed by atoms with Gasteiger partial charge < -0.3 is 25.0 Å². The fourth-order valence-corrected chi connectivity index (χ4v) is 8.97. The van der Waals surface area contributed by atoms with E-state index < -0.39 is 28.5 Å². The smallest absolute Gasteiger partial charge is 0.238 e. The number of benzene rings is 7. The van der Waals surface area contributed by atoms with Gasteiger partial charge >= 0.3 is 0 Å². The molecule has 0 aliphatic heterocycles. The zero-order chi connectivity index (χ0) is 39.6. The van der Waals surface area contributed by atoms with E-state index in [-0.39, 0.29) is 11.1 Å². The Bertz CT molecular complexity index is 3360. The summed E-state index contributed by atoms with van der Waals surface area (Å²) >= 11 is 0. The third-order valence-corrected chi connectivity index (χ3v) is 11.8. The maximum absolute atomic E-state index is 11.3. The molecule has 0 spiro atoms. The molecule has 2 radical (unpaired) electrons. The van der Waals surface area contributed by atoms with Crippen molar-refractivity contribution in [2.45, 2.75) is 19.3 Å². The highest BCUT2D eigenvalue weighted by Crippen LogP contribution is 2.50. The van der Waals surface area contributed by atoms with Gasteiger partial charge in [0.1, 0.15) is 19.3 Å².